The minimum atomic E-state index is -0.500. The molecule has 19 heavy (non-hydrogen) atoms. The van der Waals surface area contributed by atoms with Gasteiger partial charge in [-0.15, -0.1) is 0 Å². The van der Waals surface area contributed by atoms with E-state index in [9.17, 15) is 9.59 Å². The van der Waals surface area contributed by atoms with E-state index in [1.165, 1.54) is 0 Å². The molecule has 1 aliphatic heterocycles. The summed E-state index contributed by atoms with van der Waals surface area (Å²) < 4.78 is 6.10. The molecule has 1 amide bonds. The molecular formula is C14H16BrNO3. The Bertz CT molecular complexity index is 534. The van der Waals surface area contributed by atoms with Crippen molar-refractivity contribution in [3.63, 3.8) is 0 Å². The fourth-order valence-electron chi connectivity index (χ4n) is 1.99. The molecule has 0 fully saturated rings. The molecule has 1 aliphatic rings. The van der Waals surface area contributed by atoms with Crippen molar-refractivity contribution in [2.45, 2.75) is 39.5 Å². The van der Waals surface area contributed by atoms with Gasteiger partial charge in [0.05, 0.1) is 0 Å². The Kier molecular flexibility index (Phi) is 3.67. The third-order valence-corrected chi connectivity index (χ3v) is 3.51. The third kappa shape index (κ3) is 3.15. The molecule has 102 valence electrons. The molecule has 0 aromatic heterocycles. The highest BCUT2D eigenvalue weighted by molar-refractivity contribution is 9.10. The van der Waals surface area contributed by atoms with Gasteiger partial charge in [-0.05, 0) is 44.0 Å². The molecule has 1 aromatic rings. The summed E-state index contributed by atoms with van der Waals surface area (Å²) >= 11 is 3.35. The van der Waals surface area contributed by atoms with Crippen LogP contribution in [0, 0.1) is 0 Å². The number of rotatable bonds is 1. The molecule has 1 heterocycles. The highest BCUT2D eigenvalue weighted by Gasteiger charge is 2.28. The van der Waals surface area contributed by atoms with E-state index in [0.29, 0.717) is 18.7 Å². The van der Waals surface area contributed by atoms with E-state index in [2.05, 4.69) is 15.9 Å². The molecule has 0 saturated carbocycles. The van der Waals surface area contributed by atoms with E-state index in [-0.39, 0.29) is 6.09 Å². The summed E-state index contributed by atoms with van der Waals surface area (Å²) in [4.78, 5) is 24.5. The molecule has 0 saturated heterocycles. The zero-order valence-electron chi connectivity index (χ0n) is 11.2. The van der Waals surface area contributed by atoms with Crippen LogP contribution in [0.15, 0.2) is 16.6 Å². The van der Waals surface area contributed by atoms with Crippen LogP contribution in [0.1, 0.15) is 42.3 Å². The predicted molar refractivity (Wildman–Crippen MR) is 75.0 cm³/mol. The number of ether oxygens (including phenoxy) is 1. The van der Waals surface area contributed by atoms with Gasteiger partial charge in [0, 0.05) is 23.1 Å². The fourth-order valence-corrected chi connectivity index (χ4v) is 2.47. The smallest absolute Gasteiger partial charge is 0.410 e. The van der Waals surface area contributed by atoms with Gasteiger partial charge < -0.3 is 4.74 Å². The van der Waals surface area contributed by atoms with Crippen LogP contribution in [0.2, 0.25) is 0 Å². The molecule has 0 atom stereocenters. The number of hydrogen-bond donors (Lipinski definition) is 0. The van der Waals surface area contributed by atoms with Crippen LogP contribution < -0.4 is 0 Å². The first-order valence-electron chi connectivity index (χ1n) is 6.04. The van der Waals surface area contributed by atoms with Crippen LogP contribution in [-0.2, 0) is 17.8 Å². The maximum atomic E-state index is 12.0. The lowest BCUT2D eigenvalue weighted by Gasteiger charge is -2.24. The van der Waals surface area contributed by atoms with E-state index in [1.807, 2.05) is 32.9 Å². The fraction of sp³-hybridized carbons (Fsp3) is 0.429. The van der Waals surface area contributed by atoms with Gasteiger partial charge in [0.25, 0.3) is 0 Å². The van der Waals surface area contributed by atoms with Crippen molar-refractivity contribution in [2.75, 3.05) is 0 Å². The number of carbonyl (C=O) groups is 2. The van der Waals surface area contributed by atoms with Crippen LogP contribution in [0.4, 0.5) is 4.79 Å². The second-order valence-corrected chi connectivity index (χ2v) is 6.45. The van der Waals surface area contributed by atoms with Crippen LogP contribution >= 0.6 is 15.9 Å². The summed E-state index contributed by atoms with van der Waals surface area (Å²) in [5.41, 5.74) is 2.14. The van der Waals surface area contributed by atoms with E-state index in [0.717, 1.165) is 21.9 Å². The van der Waals surface area contributed by atoms with Crippen molar-refractivity contribution in [1.29, 1.82) is 0 Å². The summed E-state index contributed by atoms with van der Waals surface area (Å²) in [7, 11) is 0. The van der Waals surface area contributed by atoms with Crippen LogP contribution in [0.3, 0.4) is 0 Å². The average Bonchev–Trinajstić information content (AvgIpc) is 2.68. The Balaban J connectivity index is 2.16. The quantitative estimate of drug-likeness (QED) is 0.742. The topological polar surface area (TPSA) is 46.6 Å². The average molecular weight is 326 g/mol. The van der Waals surface area contributed by atoms with Crippen molar-refractivity contribution in [3.05, 3.63) is 33.3 Å². The predicted octanol–water partition coefficient (Wildman–Crippen LogP) is 3.51. The number of carbonyl (C=O) groups excluding carboxylic acids is 2. The normalized spacial score (nSPS) is 14.2. The van der Waals surface area contributed by atoms with Crippen LogP contribution in [-0.4, -0.2) is 22.9 Å². The lowest BCUT2D eigenvalue weighted by Crippen LogP contribution is -2.33. The zero-order chi connectivity index (χ0) is 14.2. The number of hydrogen-bond acceptors (Lipinski definition) is 3. The Morgan fingerprint density at radius 1 is 1.32 bits per heavy atom. The largest absolute Gasteiger partial charge is 0.444 e. The van der Waals surface area contributed by atoms with E-state index in [4.69, 9.17) is 4.74 Å². The third-order valence-electron chi connectivity index (χ3n) is 2.82. The number of aldehydes is 1. The first-order valence-corrected chi connectivity index (χ1v) is 6.84. The molecule has 0 spiro atoms. The number of amides is 1. The lowest BCUT2D eigenvalue weighted by molar-refractivity contribution is 0.0242. The maximum Gasteiger partial charge on any atom is 0.410 e. The number of fused-ring (bicyclic) bond motifs is 1. The second-order valence-electron chi connectivity index (χ2n) is 5.60. The van der Waals surface area contributed by atoms with Gasteiger partial charge in [-0.2, -0.15) is 0 Å². The van der Waals surface area contributed by atoms with Crippen LogP contribution in [0.25, 0.3) is 0 Å². The van der Waals surface area contributed by atoms with Gasteiger partial charge in [0.1, 0.15) is 5.60 Å². The van der Waals surface area contributed by atoms with Crippen LogP contribution in [0.5, 0.6) is 0 Å². The Hall–Kier alpha value is -1.36. The summed E-state index contributed by atoms with van der Waals surface area (Å²) in [5.74, 6) is 0. The summed E-state index contributed by atoms with van der Waals surface area (Å²) in [6.07, 6.45) is 0.480. The van der Waals surface area contributed by atoms with Gasteiger partial charge in [0.2, 0.25) is 0 Å². The highest BCUT2D eigenvalue weighted by Crippen LogP contribution is 2.29. The van der Waals surface area contributed by atoms with E-state index in [1.54, 1.807) is 4.90 Å². The molecule has 4 nitrogen and oxygen atoms in total. The summed E-state index contributed by atoms with van der Waals surface area (Å²) in [6.45, 7) is 6.53. The van der Waals surface area contributed by atoms with Gasteiger partial charge in [-0.1, -0.05) is 15.9 Å². The van der Waals surface area contributed by atoms with Crippen molar-refractivity contribution >= 4 is 28.3 Å². The molecule has 5 heteroatoms. The molecule has 0 N–H and O–H groups in total. The van der Waals surface area contributed by atoms with Crippen molar-refractivity contribution in [1.82, 2.24) is 4.90 Å². The second kappa shape index (κ2) is 4.96. The summed E-state index contributed by atoms with van der Waals surface area (Å²) in [5, 5.41) is 0. The minimum absolute atomic E-state index is 0.326. The number of halogens is 1. The van der Waals surface area contributed by atoms with Gasteiger partial charge in [-0.25, -0.2) is 4.79 Å². The molecule has 0 unspecified atom stereocenters. The van der Waals surface area contributed by atoms with E-state index < -0.39 is 5.60 Å². The van der Waals surface area contributed by atoms with Crippen molar-refractivity contribution in [2.24, 2.45) is 0 Å². The summed E-state index contributed by atoms with van der Waals surface area (Å²) in [6, 6.07) is 3.71. The minimum Gasteiger partial charge on any atom is -0.444 e. The van der Waals surface area contributed by atoms with Gasteiger partial charge in [0.15, 0.2) is 6.29 Å². The van der Waals surface area contributed by atoms with Crippen molar-refractivity contribution in [3.8, 4) is 0 Å². The van der Waals surface area contributed by atoms with E-state index >= 15 is 0 Å². The molecular weight excluding hydrogens is 310 g/mol. The number of nitrogens with zero attached hydrogens (tertiary/aromatic N) is 1. The first kappa shape index (κ1) is 14.1. The Morgan fingerprint density at radius 3 is 2.42 bits per heavy atom. The highest BCUT2D eigenvalue weighted by atomic mass is 79.9. The lowest BCUT2D eigenvalue weighted by atomic mass is 10.1. The Labute approximate surface area is 120 Å². The molecule has 1 aromatic carbocycles. The molecule has 2 rings (SSSR count). The first-order chi connectivity index (χ1) is 8.80. The SMILES string of the molecule is CC(C)(C)OC(=O)N1Cc2cc(Br)c(C=O)cc2C1. The standard InChI is InChI=1S/C14H16BrNO3/c1-14(2,3)19-13(18)16-6-9-4-11(8-17)12(15)5-10(9)7-16/h4-5,8H,6-7H2,1-3H3. The number of benzene rings is 1. The molecule has 0 bridgehead atoms. The zero-order valence-corrected chi connectivity index (χ0v) is 12.8. The molecule has 0 aliphatic carbocycles. The maximum absolute atomic E-state index is 12.0. The Morgan fingerprint density at radius 2 is 1.89 bits per heavy atom. The monoisotopic (exact) mass is 325 g/mol. The van der Waals surface area contributed by atoms with Gasteiger partial charge >= 0.3 is 6.09 Å². The van der Waals surface area contributed by atoms with Crippen molar-refractivity contribution < 1.29 is 14.3 Å². The van der Waals surface area contributed by atoms with Gasteiger partial charge in [-0.3, -0.25) is 9.69 Å². The molecule has 0 radical (unpaired) electrons.